The first kappa shape index (κ1) is 23.3. The van der Waals surface area contributed by atoms with Gasteiger partial charge in [0.05, 0.1) is 0 Å². The largest absolute Gasteiger partial charge is 0.492 e. The smallest absolute Gasteiger partial charge is 0.119 e. The van der Waals surface area contributed by atoms with Crippen molar-refractivity contribution in [3.63, 3.8) is 0 Å². The predicted octanol–water partition coefficient (Wildman–Crippen LogP) is 6.26. The Hall–Kier alpha value is -2.88. The molecular weight excluding hydrogens is 406 g/mol. The van der Waals surface area contributed by atoms with Crippen molar-refractivity contribution in [2.24, 2.45) is 0 Å². The normalized spacial score (nSPS) is 20.5. The first-order valence-corrected chi connectivity index (χ1v) is 12.1. The number of benzene rings is 3. The van der Waals surface area contributed by atoms with Crippen molar-refractivity contribution < 1.29 is 9.84 Å². The minimum Gasteiger partial charge on any atom is -0.492 e. The average Bonchev–Trinajstić information content (AvgIpc) is 2.88. The van der Waals surface area contributed by atoms with Crippen molar-refractivity contribution >= 4 is 5.57 Å². The molecule has 3 aromatic rings. The standard InChI is InChI=1S/C30H35NO2/c1-3-31(4-2)19-20-33-29-17-15-25(16-18-29)27-21-26(24-11-7-5-8-12-24)22-30(32,23-27)28-13-9-6-10-14-28/h5-18,23,26,32H,3-4,19-22H2,1-2H3. The molecule has 33 heavy (non-hydrogen) atoms. The Labute approximate surface area is 198 Å². The zero-order valence-corrected chi connectivity index (χ0v) is 19.8. The Morgan fingerprint density at radius 1 is 0.879 bits per heavy atom. The van der Waals surface area contributed by atoms with Crippen LogP contribution in [0, 0.1) is 0 Å². The van der Waals surface area contributed by atoms with Crippen molar-refractivity contribution in [2.75, 3.05) is 26.2 Å². The molecule has 0 spiro atoms. The summed E-state index contributed by atoms with van der Waals surface area (Å²) in [6.45, 7) is 8.06. The molecule has 172 valence electrons. The van der Waals surface area contributed by atoms with Crippen LogP contribution in [0.1, 0.15) is 49.3 Å². The van der Waals surface area contributed by atoms with Crippen LogP contribution in [0.2, 0.25) is 0 Å². The molecule has 0 fully saturated rings. The van der Waals surface area contributed by atoms with Crippen LogP contribution in [0.15, 0.2) is 91.0 Å². The van der Waals surface area contributed by atoms with Crippen LogP contribution in [0.4, 0.5) is 0 Å². The van der Waals surface area contributed by atoms with E-state index >= 15 is 0 Å². The Balaban J connectivity index is 1.57. The van der Waals surface area contributed by atoms with Gasteiger partial charge in [-0.25, -0.2) is 0 Å². The van der Waals surface area contributed by atoms with Crippen LogP contribution >= 0.6 is 0 Å². The highest BCUT2D eigenvalue weighted by Gasteiger charge is 2.36. The molecule has 0 heterocycles. The van der Waals surface area contributed by atoms with Gasteiger partial charge in [-0.15, -0.1) is 0 Å². The first-order chi connectivity index (χ1) is 16.1. The van der Waals surface area contributed by atoms with E-state index in [1.54, 1.807) is 0 Å². The van der Waals surface area contributed by atoms with Crippen LogP contribution in [0.5, 0.6) is 5.75 Å². The first-order valence-electron chi connectivity index (χ1n) is 12.1. The zero-order valence-electron chi connectivity index (χ0n) is 19.8. The average molecular weight is 442 g/mol. The summed E-state index contributed by atoms with van der Waals surface area (Å²) >= 11 is 0. The molecule has 0 saturated carbocycles. The molecule has 2 atom stereocenters. The molecule has 0 amide bonds. The summed E-state index contributed by atoms with van der Waals surface area (Å²) in [6, 6.07) is 28.9. The molecule has 1 aliphatic rings. The van der Waals surface area contributed by atoms with Crippen LogP contribution in [0.25, 0.3) is 5.57 Å². The van der Waals surface area contributed by atoms with E-state index in [2.05, 4.69) is 61.2 Å². The van der Waals surface area contributed by atoms with Gasteiger partial charge in [0, 0.05) is 6.54 Å². The molecule has 2 unspecified atom stereocenters. The van der Waals surface area contributed by atoms with Gasteiger partial charge in [0.25, 0.3) is 0 Å². The Morgan fingerprint density at radius 2 is 1.52 bits per heavy atom. The Kier molecular flexibility index (Phi) is 7.64. The Bertz CT molecular complexity index is 1030. The van der Waals surface area contributed by atoms with E-state index in [1.165, 1.54) is 11.1 Å². The van der Waals surface area contributed by atoms with E-state index in [4.69, 9.17) is 4.74 Å². The highest BCUT2D eigenvalue weighted by atomic mass is 16.5. The third-order valence-corrected chi connectivity index (χ3v) is 6.78. The minimum atomic E-state index is -0.992. The molecule has 3 aromatic carbocycles. The molecular formula is C30H35NO2. The third-order valence-electron chi connectivity index (χ3n) is 6.78. The number of allylic oxidation sites excluding steroid dienone is 1. The molecule has 0 radical (unpaired) electrons. The maximum Gasteiger partial charge on any atom is 0.119 e. The van der Waals surface area contributed by atoms with E-state index in [0.29, 0.717) is 13.0 Å². The van der Waals surface area contributed by atoms with E-state index in [-0.39, 0.29) is 5.92 Å². The number of hydrogen-bond donors (Lipinski definition) is 1. The summed E-state index contributed by atoms with van der Waals surface area (Å²) in [6.07, 6.45) is 3.65. The molecule has 0 aromatic heterocycles. The van der Waals surface area contributed by atoms with E-state index in [9.17, 15) is 5.11 Å². The summed E-state index contributed by atoms with van der Waals surface area (Å²) < 4.78 is 5.97. The van der Waals surface area contributed by atoms with Gasteiger partial charge in [0.1, 0.15) is 18.0 Å². The summed E-state index contributed by atoms with van der Waals surface area (Å²) in [5.74, 6) is 1.14. The van der Waals surface area contributed by atoms with Gasteiger partial charge < -0.3 is 14.7 Å². The van der Waals surface area contributed by atoms with E-state index < -0.39 is 5.60 Å². The second kappa shape index (κ2) is 10.8. The van der Waals surface area contributed by atoms with Crippen LogP contribution in [-0.2, 0) is 5.60 Å². The van der Waals surface area contributed by atoms with Crippen molar-refractivity contribution in [2.45, 2.75) is 38.2 Å². The predicted molar refractivity (Wildman–Crippen MR) is 136 cm³/mol. The second-order valence-electron chi connectivity index (χ2n) is 8.88. The van der Waals surface area contributed by atoms with Crippen molar-refractivity contribution in [1.29, 1.82) is 0 Å². The molecule has 4 rings (SSSR count). The number of likely N-dealkylation sites (N-methyl/N-ethyl adjacent to an activating group) is 1. The molecule has 1 N–H and O–H groups in total. The summed E-state index contributed by atoms with van der Waals surface area (Å²) in [7, 11) is 0. The maximum atomic E-state index is 11.8. The van der Waals surface area contributed by atoms with Gasteiger partial charge in [0.15, 0.2) is 0 Å². The molecule has 1 aliphatic carbocycles. The van der Waals surface area contributed by atoms with Gasteiger partial charge in [0.2, 0.25) is 0 Å². The van der Waals surface area contributed by atoms with Crippen molar-refractivity contribution in [1.82, 2.24) is 4.90 Å². The Morgan fingerprint density at radius 3 is 2.15 bits per heavy atom. The zero-order chi connectivity index (χ0) is 23.1. The van der Waals surface area contributed by atoms with Gasteiger partial charge in [-0.1, -0.05) is 86.6 Å². The van der Waals surface area contributed by atoms with E-state index in [1.807, 2.05) is 48.5 Å². The molecule has 3 heteroatoms. The fourth-order valence-electron chi connectivity index (χ4n) is 4.81. The lowest BCUT2D eigenvalue weighted by atomic mass is 9.72. The van der Waals surface area contributed by atoms with Crippen LogP contribution < -0.4 is 4.74 Å². The molecule has 3 nitrogen and oxygen atoms in total. The van der Waals surface area contributed by atoms with Crippen LogP contribution in [0.3, 0.4) is 0 Å². The maximum absolute atomic E-state index is 11.8. The van der Waals surface area contributed by atoms with Gasteiger partial charge >= 0.3 is 0 Å². The number of aliphatic hydroxyl groups is 1. The van der Waals surface area contributed by atoms with Crippen LogP contribution in [-0.4, -0.2) is 36.2 Å². The van der Waals surface area contributed by atoms with E-state index in [0.717, 1.165) is 42.9 Å². The number of ether oxygens (including phenoxy) is 1. The SMILES string of the molecule is CCN(CC)CCOc1ccc(C2=CC(O)(c3ccccc3)CC(c3ccccc3)C2)cc1. The number of rotatable bonds is 9. The fraction of sp³-hybridized carbons (Fsp3) is 0.333. The highest BCUT2D eigenvalue weighted by Crippen LogP contribution is 2.45. The van der Waals surface area contributed by atoms with Gasteiger partial charge in [-0.3, -0.25) is 0 Å². The molecule has 0 bridgehead atoms. The van der Waals surface area contributed by atoms with Gasteiger partial charge in [-0.05, 0) is 72.3 Å². The topological polar surface area (TPSA) is 32.7 Å². The van der Waals surface area contributed by atoms with Crippen molar-refractivity contribution in [3.8, 4) is 5.75 Å². The lowest BCUT2D eigenvalue weighted by molar-refractivity contribution is 0.0672. The highest BCUT2D eigenvalue weighted by molar-refractivity contribution is 5.69. The second-order valence-corrected chi connectivity index (χ2v) is 8.88. The summed E-state index contributed by atoms with van der Waals surface area (Å²) in [5, 5.41) is 11.8. The summed E-state index contributed by atoms with van der Waals surface area (Å²) in [5.41, 5.74) is 3.54. The quantitative estimate of drug-likeness (QED) is 0.426. The monoisotopic (exact) mass is 441 g/mol. The van der Waals surface area contributed by atoms with Gasteiger partial charge in [-0.2, -0.15) is 0 Å². The minimum absolute atomic E-state index is 0.251. The molecule has 0 saturated heterocycles. The number of hydrogen-bond acceptors (Lipinski definition) is 3. The number of nitrogens with zero attached hydrogens (tertiary/aromatic N) is 1. The summed E-state index contributed by atoms with van der Waals surface area (Å²) in [4.78, 5) is 2.36. The van der Waals surface area contributed by atoms with Crippen molar-refractivity contribution in [3.05, 3.63) is 108 Å². The lowest BCUT2D eigenvalue weighted by Crippen LogP contribution is -2.29. The molecule has 0 aliphatic heterocycles. The fourth-order valence-corrected chi connectivity index (χ4v) is 4.81. The third kappa shape index (κ3) is 5.73. The lowest BCUT2D eigenvalue weighted by Gasteiger charge is -2.36.